The maximum Gasteiger partial charge on any atom is 0.326 e. The predicted octanol–water partition coefficient (Wildman–Crippen LogP) is -2.41. The van der Waals surface area contributed by atoms with Gasteiger partial charge in [0.25, 0.3) is 0 Å². The number of carboxylic acids is 1. The number of likely N-dealkylation sites (tertiary alicyclic amines) is 2. The molecule has 12 nitrogen and oxygen atoms in total. The number of hydrogen-bond acceptors (Lipinski definition) is 8. The number of aliphatic hydroxyl groups is 2. The number of aliphatic carboxylic acids is 1. The lowest BCUT2D eigenvalue weighted by Crippen LogP contribution is -2.58. The molecule has 6 atom stereocenters. The molecule has 8 N–H and O–H groups in total. The molecule has 0 bridgehead atoms. The zero-order valence-electron chi connectivity index (χ0n) is 19.2. The van der Waals surface area contributed by atoms with E-state index >= 15 is 0 Å². The van der Waals surface area contributed by atoms with Crippen molar-refractivity contribution in [3.05, 3.63) is 0 Å². The Kier molecular flexibility index (Phi) is 9.58. The fraction of sp³-hybridized carbons (Fsp3) is 0.810. The minimum Gasteiger partial charge on any atom is -0.480 e. The third-order valence-corrected chi connectivity index (χ3v) is 6.23. The first kappa shape index (κ1) is 27.0. The number of nitrogens with one attached hydrogen (secondary N) is 1. The van der Waals surface area contributed by atoms with Crippen LogP contribution < -0.4 is 16.8 Å². The van der Waals surface area contributed by atoms with Crippen LogP contribution >= 0.6 is 0 Å². The third-order valence-electron chi connectivity index (χ3n) is 6.23. The van der Waals surface area contributed by atoms with Gasteiger partial charge in [-0.1, -0.05) is 20.3 Å². The van der Waals surface area contributed by atoms with Crippen molar-refractivity contribution < 1.29 is 34.5 Å². The van der Waals surface area contributed by atoms with E-state index in [1.54, 1.807) is 13.8 Å². The van der Waals surface area contributed by atoms with Gasteiger partial charge in [-0.25, -0.2) is 4.79 Å². The summed E-state index contributed by atoms with van der Waals surface area (Å²) in [6, 6.07) is -4.07. The molecule has 2 aliphatic rings. The van der Waals surface area contributed by atoms with Gasteiger partial charge in [0.15, 0.2) is 0 Å². The summed E-state index contributed by atoms with van der Waals surface area (Å²) in [5, 5.41) is 32.0. The van der Waals surface area contributed by atoms with Gasteiger partial charge in [-0.2, -0.15) is 0 Å². The number of hydrogen-bond donors (Lipinski definition) is 6. The molecule has 0 aliphatic carbocycles. The Morgan fingerprint density at radius 1 is 0.970 bits per heavy atom. The van der Waals surface area contributed by atoms with Gasteiger partial charge < -0.3 is 41.9 Å². The summed E-state index contributed by atoms with van der Waals surface area (Å²) in [6.07, 6.45) is -0.165. The first-order chi connectivity index (χ1) is 15.5. The van der Waals surface area contributed by atoms with Gasteiger partial charge in [0.05, 0.1) is 18.2 Å². The van der Waals surface area contributed by atoms with Crippen molar-refractivity contribution in [3.8, 4) is 0 Å². The van der Waals surface area contributed by atoms with Gasteiger partial charge in [-0.3, -0.25) is 14.4 Å². The van der Waals surface area contributed by atoms with Crippen molar-refractivity contribution in [2.24, 2.45) is 17.4 Å². The van der Waals surface area contributed by atoms with E-state index in [4.69, 9.17) is 11.5 Å². The molecule has 3 amide bonds. The lowest BCUT2D eigenvalue weighted by molar-refractivity contribution is -0.150. The van der Waals surface area contributed by atoms with Crippen LogP contribution in [0.3, 0.4) is 0 Å². The van der Waals surface area contributed by atoms with Crippen molar-refractivity contribution in [1.82, 2.24) is 15.1 Å². The van der Waals surface area contributed by atoms with Crippen LogP contribution in [0.25, 0.3) is 0 Å². The first-order valence-corrected chi connectivity index (χ1v) is 11.4. The Hall–Kier alpha value is -2.28. The van der Waals surface area contributed by atoms with Crippen LogP contribution in [0.5, 0.6) is 0 Å². The number of nitrogens with zero attached hydrogens (tertiary/aromatic N) is 2. The molecule has 2 heterocycles. The van der Waals surface area contributed by atoms with Gasteiger partial charge in [-0.05, 0) is 25.3 Å². The number of unbranched alkanes of at least 4 members (excludes halogenated alkanes) is 1. The summed E-state index contributed by atoms with van der Waals surface area (Å²) >= 11 is 0. The number of carbonyl (C=O) groups excluding carboxylic acids is 3. The van der Waals surface area contributed by atoms with Crippen LogP contribution in [-0.2, 0) is 19.2 Å². The summed E-state index contributed by atoms with van der Waals surface area (Å²) in [6.45, 7) is 3.70. The molecule has 188 valence electrons. The molecule has 0 spiro atoms. The molecule has 2 rings (SSSR count). The molecular formula is C21H37N5O7. The van der Waals surface area contributed by atoms with E-state index in [1.165, 1.54) is 4.90 Å². The molecule has 0 aromatic rings. The minimum absolute atomic E-state index is 0.00623. The lowest BCUT2D eigenvalue weighted by Gasteiger charge is -2.32. The second kappa shape index (κ2) is 11.7. The van der Waals surface area contributed by atoms with Crippen LogP contribution in [0.4, 0.5) is 0 Å². The zero-order chi connectivity index (χ0) is 24.9. The Morgan fingerprint density at radius 2 is 1.52 bits per heavy atom. The first-order valence-electron chi connectivity index (χ1n) is 11.4. The number of amides is 3. The molecule has 0 aromatic heterocycles. The van der Waals surface area contributed by atoms with Gasteiger partial charge in [0, 0.05) is 25.9 Å². The fourth-order valence-corrected chi connectivity index (χ4v) is 4.38. The average Bonchev–Trinajstić information content (AvgIpc) is 3.33. The third kappa shape index (κ3) is 6.62. The molecule has 2 fully saturated rings. The van der Waals surface area contributed by atoms with E-state index in [1.807, 2.05) is 0 Å². The van der Waals surface area contributed by atoms with Crippen molar-refractivity contribution in [2.75, 3.05) is 19.6 Å². The number of carboxylic acid groups (broad SMARTS) is 1. The highest BCUT2D eigenvalue weighted by atomic mass is 16.4. The quantitative estimate of drug-likeness (QED) is 0.188. The van der Waals surface area contributed by atoms with Crippen molar-refractivity contribution in [2.45, 2.75) is 82.3 Å². The largest absolute Gasteiger partial charge is 0.480 e. The minimum atomic E-state index is -1.23. The number of β-amino-alcohol motifs (C(OH)–C–C–N with tert-alkyl or cyclic N) is 2. The van der Waals surface area contributed by atoms with Crippen LogP contribution in [0.1, 0.15) is 46.0 Å². The summed E-state index contributed by atoms with van der Waals surface area (Å²) in [5.74, 6) is -3.30. The van der Waals surface area contributed by atoms with Gasteiger partial charge >= 0.3 is 5.97 Å². The molecule has 2 aliphatic heterocycles. The van der Waals surface area contributed by atoms with E-state index in [9.17, 15) is 34.5 Å². The SMILES string of the molecule is CC(C)[C@H](NC(=O)[C@@H]1C[C@@H](O)CN1C(=O)[C@@H](N)CCCCN)C(=O)N1C[C@H](O)C[C@H]1C(=O)O. The summed E-state index contributed by atoms with van der Waals surface area (Å²) in [4.78, 5) is 52.9. The van der Waals surface area contributed by atoms with E-state index in [0.717, 1.165) is 4.90 Å². The van der Waals surface area contributed by atoms with Crippen LogP contribution in [0.15, 0.2) is 0 Å². The maximum absolute atomic E-state index is 13.1. The van der Waals surface area contributed by atoms with Gasteiger partial charge in [0.2, 0.25) is 17.7 Å². The molecule has 0 saturated carbocycles. The zero-order valence-corrected chi connectivity index (χ0v) is 19.2. The molecule has 12 heteroatoms. The van der Waals surface area contributed by atoms with Gasteiger partial charge in [0.1, 0.15) is 18.1 Å². The second-order valence-electron chi connectivity index (χ2n) is 9.25. The molecule has 2 saturated heterocycles. The van der Waals surface area contributed by atoms with Gasteiger partial charge in [-0.15, -0.1) is 0 Å². The summed E-state index contributed by atoms with van der Waals surface area (Å²) in [7, 11) is 0. The Labute approximate surface area is 193 Å². The van der Waals surface area contributed by atoms with E-state index < -0.39 is 60.1 Å². The summed E-state index contributed by atoms with van der Waals surface area (Å²) < 4.78 is 0. The highest BCUT2D eigenvalue weighted by Gasteiger charge is 2.45. The number of carbonyl (C=O) groups is 4. The van der Waals surface area contributed by atoms with E-state index in [2.05, 4.69) is 5.32 Å². The van der Waals surface area contributed by atoms with E-state index in [-0.39, 0.29) is 31.8 Å². The highest BCUT2D eigenvalue weighted by molar-refractivity contribution is 5.94. The second-order valence-corrected chi connectivity index (χ2v) is 9.25. The fourth-order valence-electron chi connectivity index (χ4n) is 4.38. The van der Waals surface area contributed by atoms with Crippen molar-refractivity contribution >= 4 is 23.7 Å². The predicted molar refractivity (Wildman–Crippen MR) is 118 cm³/mol. The number of nitrogens with two attached hydrogens (primary N) is 2. The molecule has 0 unspecified atom stereocenters. The topological polar surface area (TPSA) is 200 Å². The van der Waals surface area contributed by atoms with Crippen molar-refractivity contribution in [1.29, 1.82) is 0 Å². The standard InChI is InChI=1S/C21H37N5O7/c1-11(2)17(20(31)26-10-13(28)8-16(26)21(32)33)24-18(29)15-7-12(27)9-25(15)19(30)14(23)5-3-4-6-22/h11-17,27-28H,3-10,22-23H2,1-2H3,(H,24,29)(H,32,33)/t12-,13-,14+,15+,16+,17+/m1/s1. The summed E-state index contributed by atoms with van der Waals surface area (Å²) in [5.41, 5.74) is 11.5. The highest BCUT2D eigenvalue weighted by Crippen LogP contribution is 2.23. The molecular weight excluding hydrogens is 434 g/mol. The number of rotatable bonds is 10. The van der Waals surface area contributed by atoms with Crippen LogP contribution in [0, 0.1) is 5.92 Å². The van der Waals surface area contributed by atoms with Crippen LogP contribution in [0.2, 0.25) is 0 Å². The normalized spacial score (nSPS) is 27.0. The number of aliphatic hydroxyl groups excluding tert-OH is 2. The molecule has 33 heavy (non-hydrogen) atoms. The average molecular weight is 472 g/mol. The monoisotopic (exact) mass is 471 g/mol. The molecule has 0 radical (unpaired) electrons. The Bertz CT molecular complexity index is 734. The lowest BCUT2D eigenvalue weighted by atomic mass is 10.0. The maximum atomic E-state index is 13.1. The molecule has 0 aromatic carbocycles. The Balaban J connectivity index is 2.12. The van der Waals surface area contributed by atoms with Crippen LogP contribution in [-0.4, -0.2) is 105 Å². The van der Waals surface area contributed by atoms with Crippen molar-refractivity contribution in [3.63, 3.8) is 0 Å². The smallest absolute Gasteiger partial charge is 0.326 e. The Morgan fingerprint density at radius 3 is 2.03 bits per heavy atom. The van der Waals surface area contributed by atoms with E-state index in [0.29, 0.717) is 25.8 Å².